The van der Waals surface area contributed by atoms with Crippen molar-refractivity contribution in [2.75, 3.05) is 0 Å². The lowest BCUT2D eigenvalue weighted by Gasteiger charge is -2.26. The second-order valence-electron chi connectivity index (χ2n) is 9.76. The number of rotatable bonds is 3. The van der Waals surface area contributed by atoms with Gasteiger partial charge in [-0.1, -0.05) is 48.5 Å². The van der Waals surface area contributed by atoms with Crippen LogP contribution >= 0.6 is 0 Å². The number of hydrogen-bond acceptors (Lipinski definition) is 7. The van der Waals surface area contributed by atoms with Gasteiger partial charge in [-0.15, -0.1) is 5.10 Å². The van der Waals surface area contributed by atoms with E-state index >= 15 is 0 Å². The molecule has 7 aromatic rings. The number of phenols is 1. The molecule has 1 N–H and O–H groups in total. The molecule has 0 saturated heterocycles. The Balaban J connectivity index is 1.37. The van der Waals surface area contributed by atoms with Gasteiger partial charge in [-0.3, -0.25) is 4.98 Å². The van der Waals surface area contributed by atoms with Crippen LogP contribution in [0.1, 0.15) is 28.3 Å². The van der Waals surface area contributed by atoms with Crippen LogP contribution in [0.5, 0.6) is 17.5 Å². The van der Waals surface area contributed by atoms with Crippen molar-refractivity contribution in [3.05, 3.63) is 120 Å². The van der Waals surface area contributed by atoms with Crippen molar-refractivity contribution < 1.29 is 9.84 Å². The van der Waals surface area contributed by atoms with Crippen molar-refractivity contribution in [2.24, 2.45) is 0 Å². The van der Waals surface area contributed by atoms with Crippen LogP contribution in [0.15, 0.2) is 97.6 Å². The number of pyridine rings is 1. The van der Waals surface area contributed by atoms with E-state index in [1.807, 2.05) is 90.6 Å². The van der Waals surface area contributed by atoms with Gasteiger partial charge in [0.05, 0.1) is 34.0 Å². The minimum atomic E-state index is -0.302. The minimum Gasteiger partial charge on any atom is -0.507 e. The lowest BCUT2D eigenvalue weighted by Crippen LogP contribution is -2.16. The van der Waals surface area contributed by atoms with Crippen molar-refractivity contribution in [3.63, 3.8) is 0 Å². The molecule has 4 aromatic heterocycles. The maximum absolute atomic E-state index is 10.9. The molecule has 0 fully saturated rings. The molecule has 0 bridgehead atoms. The molecule has 0 spiro atoms. The first-order chi connectivity index (χ1) is 19.7. The molecule has 3 aromatic carbocycles. The van der Waals surface area contributed by atoms with Crippen LogP contribution in [0.3, 0.4) is 0 Å². The Kier molecular flexibility index (Phi) is 4.75. The van der Waals surface area contributed by atoms with Crippen LogP contribution in [-0.2, 0) is 0 Å². The summed E-state index contributed by atoms with van der Waals surface area (Å²) in [5.41, 5.74) is 5.47. The molecule has 1 aliphatic heterocycles. The summed E-state index contributed by atoms with van der Waals surface area (Å²) in [5, 5.41) is 22.4. The number of hydrogen-bond donors (Lipinski definition) is 1. The fourth-order valence-electron chi connectivity index (χ4n) is 5.52. The summed E-state index contributed by atoms with van der Waals surface area (Å²) in [5.74, 6) is 1.23. The van der Waals surface area contributed by atoms with Gasteiger partial charge in [-0.25, -0.2) is 19.2 Å². The Labute approximate surface area is 228 Å². The highest BCUT2D eigenvalue weighted by molar-refractivity contribution is 5.89. The molecule has 9 nitrogen and oxygen atoms in total. The quantitative estimate of drug-likeness (QED) is 0.311. The normalized spacial score (nSPS) is 14.2. The van der Waals surface area contributed by atoms with Gasteiger partial charge in [-0.2, -0.15) is 5.10 Å². The van der Waals surface area contributed by atoms with E-state index in [9.17, 15) is 5.11 Å². The molecular formula is C31H21N7O2. The molecule has 40 heavy (non-hydrogen) atoms. The van der Waals surface area contributed by atoms with Crippen LogP contribution in [0.4, 0.5) is 0 Å². The number of benzene rings is 3. The Morgan fingerprint density at radius 1 is 0.875 bits per heavy atom. The van der Waals surface area contributed by atoms with Gasteiger partial charge in [0.15, 0.2) is 11.5 Å². The van der Waals surface area contributed by atoms with E-state index < -0.39 is 0 Å². The number of phenolic OH excluding ortho intramolecular Hbond substituents is 1. The van der Waals surface area contributed by atoms with Crippen LogP contribution < -0.4 is 4.74 Å². The average molecular weight is 524 g/mol. The highest BCUT2D eigenvalue weighted by Gasteiger charge is 2.38. The van der Waals surface area contributed by atoms with Gasteiger partial charge >= 0.3 is 0 Å². The number of aromatic nitrogens is 7. The molecule has 9 heteroatoms. The van der Waals surface area contributed by atoms with Crippen molar-refractivity contribution in [2.45, 2.75) is 12.8 Å². The summed E-state index contributed by atoms with van der Waals surface area (Å²) >= 11 is 0. The van der Waals surface area contributed by atoms with Crippen molar-refractivity contribution >= 4 is 16.4 Å². The average Bonchev–Trinajstić information content (AvgIpc) is 3.57. The third kappa shape index (κ3) is 3.31. The first kappa shape index (κ1) is 22.4. The molecular weight excluding hydrogens is 502 g/mol. The SMILES string of the molecule is Cc1nn(-c2ccccc2)c2c1[C@@H](c1cccnc1)c1c(ncn3nc(-c4cc5ccccc5cc4O)nc13)O2. The second-order valence-corrected chi connectivity index (χ2v) is 9.76. The van der Waals surface area contributed by atoms with E-state index in [0.717, 1.165) is 38.8 Å². The number of para-hydroxylation sites is 1. The Bertz CT molecular complexity index is 2070. The minimum absolute atomic E-state index is 0.110. The van der Waals surface area contributed by atoms with Gasteiger partial charge in [0.1, 0.15) is 12.1 Å². The van der Waals surface area contributed by atoms with Gasteiger partial charge < -0.3 is 9.84 Å². The van der Waals surface area contributed by atoms with E-state index in [0.29, 0.717) is 28.8 Å². The van der Waals surface area contributed by atoms with E-state index in [2.05, 4.69) is 9.97 Å². The Morgan fingerprint density at radius 3 is 2.48 bits per heavy atom. The smallest absolute Gasteiger partial charge is 0.230 e. The van der Waals surface area contributed by atoms with Crippen LogP contribution in [0, 0.1) is 6.92 Å². The first-order valence-corrected chi connectivity index (χ1v) is 12.9. The van der Waals surface area contributed by atoms with Gasteiger partial charge in [0.25, 0.3) is 0 Å². The maximum atomic E-state index is 10.9. The zero-order valence-corrected chi connectivity index (χ0v) is 21.3. The summed E-state index contributed by atoms with van der Waals surface area (Å²) < 4.78 is 9.93. The van der Waals surface area contributed by atoms with E-state index in [4.69, 9.17) is 19.9 Å². The Morgan fingerprint density at radius 2 is 1.68 bits per heavy atom. The summed E-state index contributed by atoms with van der Waals surface area (Å²) in [7, 11) is 0. The van der Waals surface area contributed by atoms with E-state index in [1.54, 1.807) is 23.1 Å². The van der Waals surface area contributed by atoms with Crippen molar-refractivity contribution in [3.8, 4) is 34.6 Å². The number of aryl methyl sites for hydroxylation is 1. The monoisotopic (exact) mass is 523 g/mol. The molecule has 0 aliphatic carbocycles. The standard InChI is InChI=1S/C31H21N7O2/c1-18-25-26(21-10-7-13-32-16-21)27-29-34-28(23-14-19-8-5-6-9-20(19)15-24(23)39)36-37(29)17-33-30(27)40-31(25)38(35-18)22-11-3-2-4-12-22/h2-17,26,39H,1H3/t26-/m1/s1. The van der Waals surface area contributed by atoms with Gasteiger partial charge in [0.2, 0.25) is 11.8 Å². The third-order valence-corrected chi connectivity index (χ3v) is 7.34. The summed E-state index contributed by atoms with van der Waals surface area (Å²) in [6, 6.07) is 25.3. The highest BCUT2D eigenvalue weighted by atomic mass is 16.5. The number of fused-ring (bicyclic) bond motifs is 5. The molecule has 8 rings (SSSR count). The number of aromatic hydroxyl groups is 1. The first-order valence-electron chi connectivity index (χ1n) is 12.9. The zero-order chi connectivity index (χ0) is 26.8. The third-order valence-electron chi connectivity index (χ3n) is 7.34. The van der Waals surface area contributed by atoms with E-state index in [1.165, 1.54) is 0 Å². The fraction of sp³-hybridized carbons (Fsp3) is 0.0645. The van der Waals surface area contributed by atoms with E-state index in [-0.39, 0.29) is 11.7 Å². The van der Waals surface area contributed by atoms with Crippen LogP contribution in [0.25, 0.3) is 33.5 Å². The van der Waals surface area contributed by atoms with Crippen LogP contribution in [-0.4, -0.2) is 39.5 Å². The molecule has 1 aliphatic rings. The fourth-order valence-corrected chi connectivity index (χ4v) is 5.52. The molecule has 1 atom stereocenters. The maximum Gasteiger partial charge on any atom is 0.230 e. The molecule has 0 unspecified atom stereocenters. The predicted octanol–water partition coefficient (Wildman–Crippen LogP) is 5.83. The summed E-state index contributed by atoms with van der Waals surface area (Å²) in [4.78, 5) is 14.0. The molecule has 0 radical (unpaired) electrons. The van der Waals surface area contributed by atoms with Gasteiger partial charge in [0, 0.05) is 12.4 Å². The van der Waals surface area contributed by atoms with Crippen LogP contribution in [0.2, 0.25) is 0 Å². The largest absolute Gasteiger partial charge is 0.507 e. The Hall–Kier alpha value is -5.57. The summed E-state index contributed by atoms with van der Waals surface area (Å²) in [6.07, 6.45) is 5.18. The predicted molar refractivity (Wildman–Crippen MR) is 149 cm³/mol. The number of ether oxygens (including phenoxy) is 1. The topological polar surface area (TPSA) is 103 Å². The second kappa shape index (κ2) is 8.47. The molecule has 5 heterocycles. The van der Waals surface area contributed by atoms with Crippen molar-refractivity contribution in [1.29, 1.82) is 0 Å². The van der Waals surface area contributed by atoms with Crippen molar-refractivity contribution in [1.82, 2.24) is 34.3 Å². The lowest BCUT2D eigenvalue weighted by molar-refractivity contribution is 0.402. The highest BCUT2D eigenvalue weighted by Crippen LogP contribution is 2.49. The molecule has 0 amide bonds. The summed E-state index contributed by atoms with van der Waals surface area (Å²) in [6.45, 7) is 1.98. The molecule has 0 saturated carbocycles. The lowest BCUT2D eigenvalue weighted by atomic mass is 9.85. The zero-order valence-electron chi connectivity index (χ0n) is 21.3. The number of nitrogens with zero attached hydrogens (tertiary/aromatic N) is 7. The van der Waals surface area contributed by atoms with Gasteiger partial charge in [-0.05, 0) is 53.6 Å². The molecule has 192 valence electrons.